The molecule has 0 radical (unpaired) electrons. The van der Waals surface area contributed by atoms with Gasteiger partial charge in [0.15, 0.2) is 0 Å². The first-order valence-electron chi connectivity index (χ1n) is 8.69. The van der Waals surface area contributed by atoms with Crippen molar-refractivity contribution < 1.29 is 9.59 Å². The maximum Gasteiger partial charge on any atom is 0.248 e. The molecular formula is C20H22BrN3O2. The van der Waals surface area contributed by atoms with Crippen LogP contribution in [0.4, 0.5) is 5.69 Å². The highest BCUT2D eigenvalue weighted by molar-refractivity contribution is 9.10. The summed E-state index contributed by atoms with van der Waals surface area (Å²) in [5.41, 5.74) is 7.60. The van der Waals surface area contributed by atoms with E-state index in [1.807, 2.05) is 12.1 Å². The van der Waals surface area contributed by atoms with E-state index in [0.717, 1.165) is 36.9 Å². The molecule has 1 atom stereocenters. The maximum atomic E-state index is 12.6. The summed E-state index contributed by atoms with van der Waals surface area (Å²) < 4.78 is 1.07. The standard InChI is InChI=1S/C20H22BrN3O2/c21-17-7-3-14(4-8-17)12-24-11-1-2-16(13-24)20(26)23-18-9-5-15(6-10-18)19(22)25/h3-10,16H,1-2,11-13H2,(H2,22,25)(H,23,26). The minimum atomic E-state index is -0.473. The molecule has 1 saturated heterocycles. The number of nitrogens with zero attached hydrogens (tertiary/aromatic N) is 1. The number of amides is 2. The quantitative estimate of drug-likeness (QED) is 0.785. The van der Waals surface area contributed by atoms with E-state index in [-0.39, 0.29) is 11.8 Å². The number of carbonyl (C=O) groups is 2. The lowest BCUT2D eigenvalue weighted by atomic mass is 9.96. The molecule has 136 valence electrons. The SMILES string of the molecule is NC(=O)c1ccc(NC(=O)C2CCCN(Cc3ccc(Br)cc3)C2)cc1. The van der Waals surface area contributed by atoms with Crippen molar-refractivity contribution in [1.82, 2.24) is 4.90 Å². The summed E-state index contributed by atoms with van der Waals surface area (Å²) in [5.74, 6) is -0.480. The number of halogens is 1. The van der Waals surface area contributed by atoms with Crippen molar-refractivity contribution in [2.24, 2.45) is 11.7 Å². The molecule has 1 aliphatic heterocycles. The molecule has 1 unspecified atom stereocenters. The van der Waals surface area contributed by atoms with Gasteiger partial charge in [-0.15, -0.1) is 0 Å². The fourth-order valence-corrected chi connectivity index (χ4v) is 3.49. The highest BCUT2D eigenvalue weighted by Gasteiger charge is 2.25. The molecule has 0 bridgehead atoms. The average Bonchev–Trinajstić information content (AvgIpc) is 2.64. The van der Waals surface area contributed by atoms with Crippen LogP contribution in [0.2, 0.25) is 0 Å². The third-order valence-electron chi connectivity index (χ3n) is 4.63. The Bertz CT molecular complexity index is 775. The minimum absolute atomic E-state index is 0.0253. The number of primary amides is 1. The van der Waals surface area contributed by atoms with Gasteiger partial charge < -0.3 is 11.1 Å². The number of nitrogens with two attached hydrogens (primary N) is 1. The first-order chi connectivity index (χ1) is 12.5. The number of hydrogen-bond donors (Lipinski definition) is 2. The Hall–Kier alpha value is -2.18. The summed E-state index contributed by atoms with van der Waals surface area (Å²) >= 11 is 3.45. The van der Waals surface area contributed by atoms with Gasteiger partial charge in [0.25, 0.3) is 0 Å². The Morgan fingerprint density at radius 1 is 1.12 bits per heavy atom. The Morgan fingerprint density at radius 3 is 2.46 bits per heavy atom. The molecule has 5 nitrogen and oxygen atoms in total. The molecule has 3 N–H and O–H groups in total. The van der Waals surface area contributed by atoms with Crippen molar-refractivity contribution in [2.75, 3.05) is 18.4 Å². The van der Waals surface area contributed by atoms with Crippen LogP contribution in [0.1, 0.15) is 28.8 Å². The number of benzene rings is 2. The highest BCUT2D eigenvalue weighted by atomic mass is 79.9. The van der Waals surface area contributed by atoms with Crippen molar-refractivity contribution in [3.05, 3.63) is 64.1 Å². The van der Waals surface area contributed by atoms with Crippen LogP contribution in [0, 0.1) is 5.92 Å². The van der Waals surface area contributed by atoms with Gasteiger partial charge in [0.2, 0.25) is 11.8 Å². The summed E-state index contributed by atoms with van der Waals surface area (Å²) in [5, 5.41) is 2.95. The molecule has 0 saturated carbocycles. The molecule has 0 spiro atoms. The van der Waals surface area contributed by atoms with E-state index in [1.165, 1.54) is 5.56 Å². The Kier molecular flexibility index (Phi) is 6.06. The lowest BCUT2D eigenvalue weighted by Gasteiger charge is -2.32. The molecule has 26 heavy (non-hydrogen) atoms. The van der Waals surface area contributed by atoms with Crippen LogP contribution in [-0.4, -0.2) is 29.8 Å². The van der Waals surface area contributed by atoms with Crippen molar-refractivity contribution in [3.8, 4) is 0 Å². The van der Waals surface area contributed by atoms with Gasteiger partial charge in [0, 0.05) is 28.8 Å². The van der Waals surface area contributed by atoms with Gasteiger partial charge in [-0.05, 0) is 61.3 Å². The van der Waals surface area contributed by atoms with Crippen LogP contribution in [0.25, 0.3) is 0 Å². The summed E-state index contributed by atoms with van der Waals surface area (Å²) in [6.45, 7) is 2.61. The molecule has 1 aliphatic rings. The zero-order valence-corrected chi connectivity index (χ0v) is 16.0. The van der Waals surface area contributed by atoms with E-state index in [4.69, 9.17) is 5.73 Å². The lowest BCUT2D eigenvalue weighted by Crippen LogP contribution is -2.40. The van der Waals surface area contributed by atoms with Gasteiger partial charge in [0.05, 0.1) is 5.92 Å². The number of rotatable bonds is 5. The first kappa shape index (κ1) is 18.6. The summed E-state index contributed by atoms with van der Waals surface area (Å²) in [7, 11) is 0. The number of hydrogen-bond acceptors (Lipinski definition) is 3. The Labute approximate surface area is 161 Å². The normalized spacial score (nSPS) is 17.7. The molecular weight excluding hydrogens is 394 g/mol. The number of likely N-dealkylation sites (tertiary alicyclic amines) is 1. The smallest absolute Gasteiger partial charge is 0.248 e. The molecule has 2 amide bonds. The third kappa shape index (κ3) is 4.93. The third-order valence-corrected chi connectivity index (χ3v) is 5.16. The predicted octanol–water partition coefficient (Wildman–Crippen LogP) is 3.40. The molecule has 1 fully saturated rings. The Morgan fingerprint density at radius 2 is 1.81 bits per heavy atom. The molecule has 0 aliphatic carbocycles. The van der Waals surface area contributed by atoms with Crippen molar-refractivity contribution in [1.29, 1.82) is 0 Å². The van der Waals surface area contributed by atoms with Crippen LogP contribution < -0.4 is 11.1 Å². The minimum Gasteiger partial charge on any atom is -0.366 e. The molecule has 2 aromatic rings. The molecule has 3 rings (SSSR count). The van der Waals surface area contributed by atoms with E-state index in [2.05, 4.69) is 38.3 Å². The van der Waals surface area contributed by atoms with Crippen LogP contribution in [0.15, 0.2) is 53.0 Å². The lowest BCUT2D eigenvalue weighted by molar-refractivity contribution is -0.121. The highest BCUT2D eigenvalue weighted by Crippen LogP contribution is 2.21. The summed E-state index contributed by atoms with van der Waals surface area (Å²) in [6, 6.07) is 15.0. The molecule has 2 aromatic carbocycles. The number of nitrogens with one attached hydrogen (secondary N) is 1. The van der Waals surface area contributed by atoms with Gasteiger partial charge in [-0.3, -0.25) is 14.5 Å². The van der Waals surface area contributed by atoms with E-state index >= 15 is 0 Å². The fourth-order valence-electron chi connectivity index (χ4n) is 3.22. The first-order valence-corrected chi connectivity index (χ1v) is 9.48. The van der Waals surface area contributed by atoms with E-state index in [1.54, 1.807) is 24.3 Å². The van der Waals surface area contributed by atoms with Gasteiger partial charge >= 0.3 is 0 Å². The molecule has 1 heterocycles. The van der Waals surface area contributed by atoms with Crippen molar-refractivity contribution >= 4 is 33.4 Å². The van der Waals surface area contributed by atoms with E-state index < -0.39 is 5.91 Å². The summed E-state index contributed by atoms with van der Waals surface area (Å²) in [6.07, 6.45) is 1.90. The van der Waals surface area contributed by atoms with Crippen LogP contribution in [0.3, 0.4) is 0 Å². The van der Waals surface area contributed by atoms with Gasteiger partial charge in [-0.25, -0.2) is 0 Å². The van der Waals surface area contributed by atoms with Crippen LogP contribution in [-0.2, 0) is 11.3 Å². The number of piperidine rings is 1. The topological polar surface area (TPSA) is 75.4 Å². The second-order valence-electron chi connectivity index (χ2n) is 6.63. The van der Waals surface area contributed by atoms with Gasteiger partial charge in [-0.2, -0.15) is 0 Å². The largest absolute Gasteiger partial charge is 0.366 e. The number of anilines is 1. The monoisotopic (exact) mass is 415 g/mol. The fraction of sp³-hybridized carbons (Fsp3) is 0.300. The van der Waals surface area contributed by atoms with E-state index in [0.29, 0.717) is 11.3 Å². The summed E-state index contributed by atoms with van der Waals surface area (Å²) in [4.78, 5) is 26.0. The van der Waals surface area contributed by atoms with Crippen molar-refractivity contribution in [3.63, 3.8) is 0 Å². The Balaban J connectivity index is 1.57. The van der Waals surface area contributed by atoms with E-state index in [9.17, 15) is 9.59 Å². The molecule has 0 aromatic heterocycles. The van der Waals surface area contributed by atoms with Crippen molar-refractivity contribution in [2.45, 2.75) is 19.4 Å². The second-order valence-corrected chi connectivity index (χ2v) is 7.55. The van der Waals surface area contributed by atoms with Gasteiger partial charge in [0.1, 0.15) is 0 Å². The van der Waals surface area contributed by atoms with Gasteiger partial charge in [-0.1, -0.05) is 28.1 Å². The zero-order valence-electron chi connectivity index (χ0n) is 14.5. The average molecular weight is 416 g/mol. The van der Waals surface area contributed by atoms with Crippen LogP contribution in [0.5, 0.6) is 0 Å². The zero-order chi connectivity index (χ0) is 18.5. The van der Waals surface area contributed by atoms with Crippen LogP contribution >= 0.6 is 15.9 Å². The second kappa shape index (κ2) is 8.47. The predicted molar refractivity (Wildman–Crippen MR) is 106 cm³/mol. The maximum absolute atomic E-state index is 12.6. The number of carbonyl (C=O) groups excluding carboxylic acids is 2. The molecule has 6 heteroatoms.